The number of carbonyl (C=O) groups is 2. The van der Waals surface area contributed by atoms with E-state index in [0.29, 0.717) is 16.5 Å². The van der Waals surface area contributed by atoms with Crippen molar-refractivity contribution in [2.24, 2.45) is 0 Å². The van der Waals surface area contributed by atoms with Crippen LogP contribution in [0, 0.1) is 5.82 Å². The van der Waals surface area contributed by atoms with Crippen molar-refractivity contribution in [3.8, 4) is 0 Å². The molecule has 0 atom stereocenters. The molecule has 0 radical (unpaired) electrons. The van der Waals surface area contributed by atoms with Crippen LogP contribution in [0.2, 0.25) is 0 Å². The Labute approximate surface area is 144 Å². The first-order chi connectivity index (χ1) is 11.5. The van der Waals surface area contributed by atoms with Gasteiger partial charge in [-0.05, 0) is 59.1 Å². The van der Waals surface area contributed by atoms with Crippen molar-refractivity contribution < 1.29 is 14.0 Å². The number of benzene rings is 2. The van der Waals surface area contributed by atoms with Gasteiger partial charge < -0.3 is 0 Å². The van der Waals surface area contributed by atoms with Crippen LogP contribution in [0.1, 0.15) is 30.9 Å². The lowest BCUT2D eigenvalue weighted by Gasteiger charge is -2.11. The zero-order valence-electron chi connectivity index (χ0n) is 13.3. The number of hydrogen-bond donors (Lipinski definition) is 0. The summed E-state index contributed by atoms with van der Waals surface area (Å²) in [5, 5.41) is -0.378. The van der Waals surface area contributed by atoms with Crippen LogP contribution in [-0.4, -0.2) is 11.1 Å². The lowest BCUT2D eigenvalue weighted by molar-refractivity contribution is -0.113. The molecule has 0 aliphatic carbocycles. The molecule has 1 saturated heterocycles. The second-order valence-corrected chi connectivity index (χ2v) is 6.81. The van der Waals surface area contributed by atoms with E-state index in [4.69, 9.17) is 0 Å². The van der Waals surface area contributed by atoms with Crippen LogP contribution in [0.15, 0.2) is 53.4 Å². The molecule has 2 aromatic carbocycles. The van der Waals surface area contributed by atoms with Crippen LogP contribution in [0.3, 0.4) is 0 Å². The first-order valence-electron chi connectivity index (χ1n) is 7.59. The maximum Gasteiger partial charge on any atom is 0.298 e. The molecule has 0 N–H and O–H groups in total. The Balaban J connectivity index is 1.86. The third-order valence-electron chi connectivity index (χ3n) is 3.78. The highest BCUT2D eigenvalue weighted by Gasteiger charge is 2.36. The molecule has 122 valence electrons. The fraction of sp³-hybridized carbons (Fsp3) is 0.158. The van der Waals surface area contributed by atoms with Crippen LogP contribution < -0.4 is 4.90 Å². The van der Waals surface area contributed by atoms with E-state index in [-0.39, 0.29) is 11.1 Å². The van der Waals surface area contributed by atoms with Crippen molar-refractivity contribution in [1.29, 1.82) is 0 Å². The topological polar surface area (TPSA) is 37.4 Å². The third kappa shape index (κ3) is 3.26. The Morgan fingerprint density at radius 2 is 1.62 bits per heavy atom. The van der Waals surface area contributed by atoms with Crippen molar-refractivity contribution >= 4 is 34.7 Å². The Morgan fingerprint density at radius 1 is 1.00 bits per heavy atom. The smallest absolute Gasteiger partial charge is 0.268 e. The van der Waals surface area contributed by atoms with E-state index in [9.17, 15) is 14.0 Å². The number of carbonyl (C=O) groups excluding carboxylic acids is 2. The van der Waals surface area contributed by atoms with E-state index in [1.165, 1.54) is 29.8 Å². The molecule has 1 fully saturated rings. The minimum atomic E-state index is -0.411. The van der Waals surface area contributed by atoms with Crippen molar-refractivity contribution in [2.75, 3.05) is 4.90 Å². The Bertz CT molecular complexity index is 810. The molecule has 3 nitrogen and oxygen atoms in total. The second kappa shape index (κ2) is 6.61. The summed E-state index contributed by atoms with van der Waals surface area (Å²) in [5.74, 6) is -0.360. The summed E-state index contributed by atoms with van der Waals surface area (Å²) >= 11 is 0.891. The number of amides is 2. The van der Waals surface area contributed by atoms with Crippen molar-refractivity contribution in [1.82, 2.24) is 0 Å². The van der Waals surface area contributed by atoms with Gasteiger partial charge in [-0.2, -0.15) is 0 Å². The molecule has 0 aromatic heterocycles. The highest BCUT2D eigenvalue weighted by atomic mass is 32.2. The van der Waals surface area contributed by atoms with Crippen LogP contribution >= 0.6 is 11.8 Å². The van der Waals surface area contributed by atoms with Gasteiger partial charge in [0.25, 0.3) is 11.1 Å². The summed E-state index contributed by atoms with van der Waals surface area (Å²) in [4.78, 5) is 26.1. The molecule has 5 heteroatoms. The Morgan fingerprint density at radius 3 is 2.21 bits per heavy atom. The first kappa shape index (κ1) is 16.5. The average Bonchev–Trinajstić information content (AvgIpc) is 2.83. The lowest BCUT2D eigenvalue weighted by Crippen LogP contribution is -2.27. The molecule has 0 unspecified atom stereocenters. The molecule has 0 spiro atoms. The molecule has 2 amide bonds. The predicted octanol–water partition coefficient (Wildman–Crippen LogP) is 5.19. The summed E-state index contributed by atoms with van der Waals surface area (Å²) in [7, 11) is 0. The van der Waals surface area contributed by atoms with E-state index in [1.807, 2.05) is 24.3 Å². The zero-order chi connectivity index (χ0) is 17.3. The molecular weight excluding hydrogens is 325 g/mol. The summed E-state index contributed by atoms with van der Waals surface area (Å²) in [6, 6.07) is 13.2. The molecule has 3 rings (SSSR count). The maximum absolute atomic E-state index is 13.0. The van der Waals surface area contributed by atoms with Crippen LogP contribution in [0.5, 0.6) is 0 Å². The van der Waals surface area contributed by atoms with E-state index >= 15 is 0 Å². The van der Waals surface area contributed by atoms with Gasteiger partial charge in [0.15, 0.2) is 0 Å². The number of rotatable bonds is 3. The minimum absolute atomic E-state index is 0.363. The summed E-state index contributed by atoms with van der Waals surface area (Å²) in [6.45, 7) is 4.23. The number of halogens is 1. The molecule has 0 saturated carbocycles. The fourth-order valence-electron chi connectivity index (χ4n) is 2.41. The number of nitrogens with zero attached hydrogens (tertiary/aromatic N) is 1. The number of hydrogen-bond acceptors (Lipinski definition) is 3. The molecular formula is C19H16FNO2S. The Hall–Kier alpha value is -2.40. The highest BCUT2D eigenvalue weighted by molar-refractivity contribution is 8.19. The molecule has 0 bridgehead atoms. The van der Waals surface area contributed by atoms with Crippen molar-refractivity contribution in [3.63, 3.8) is 0 Å². The van der Waals surface area contributed by atoms with Gasteiger partial charge in [0.05, 0.1) is 10.6 Å². The minimum Gasteiger partial charge on any atom is -0.268 e. The van der Waals surface area contributed by atoms with Gasteiger partial charge >= 0.3 is 0 Å². The SMILES string of the molecule is CC(C)c1ccc(/C=C2\SC(=O)N(c3ccc(F)cc3)C2=O)cc1. The maximum atomic E-state index is 13.0. The lowest BCUT2D eigenvalue weighted by atomic mass is 10.0. The normalized spacial score (nSPS) is 16.5. The van der Waals surface area contributed by atoms with E-state index in [0.717, 1.165) is 22.2 Å². The number of imide groups is 1. The van der Waals surface area contributed by atoms with Gasteiger partial charge in [0, 0.05) is 0 Å². The van der Waals surface area contributed by atoms with Gasteiger partial charge in [-0.15, -0.1) is 0 Å². The van der Waals surface area contributed by atoms with Crippen molar-refractivity contribution in [2.45, 2.75) is 19.8 Å². The van der Waals surface area contributed by atoms with Crippen LogP contribution in [-0.2, 0) is 4.79 Å². The fourth-order valence-corrected chi connectivity index (χ4v) is 3.25. The van der Waals surface area contributed by atoms with E-state index in [1.54, 1.807) is 6.08 Å². The average molecular weight is 341 g/mol. The molecule has 1 heterocycles. The van der Waals surface area contributed by atoms with Gasteiger partial charge in [0.2, 0.25) is 0 Å². The zero-order valence-corrected chi connectivity index (χ0v) is 14.1. The monoisotopic (exact) mass is 341 g/mol. The summed E-state index contributed by atoms with van der Waals surface area (Å²) < 4.78 is 13.0. The quantitative estimate of drug-likeness (QED) is 0.721. The summed E-state index contributed by atoms with van der Waals surface area (Å²) in [5.41, 5.74) is 2.45. The predicted molar refractivity (Wildman–Crippen MR) is 95.4 cm³/mol. The molecule has 1 aliphatic heterocycles. The van der Waals surface area contributed by atoms with E-state index in [2.05, 4.69) is 13.8 Å². The van der Waals surface area contributed by atoms with Crippen LogP contribution in [0.4, 0.5) is 14.9 Å². The third-order valence-corrected chi connectivity index (χ3v) is 4.65. The molecule has 2 aromatic rings. The van der Waals surface area contributed by atoms with Crippen molar-refractivity contribution in [3.05, 3.63) is 70.4 Å². The standard InChI is InChI=1S/C19H16FNO2S/c1-12(2)14-5-3-13(4-6-14)11-17-18(22)21(19(23)24-17)16-9-7-15(20)8-10-16/h3-12H,1-2H3/b17-11-. The van der Waals surface area contributed by atoms with Gasteiger partial charge in [-0.3, -0.25) is 9.59 Å². The Kier molecular flexibility index (Phi) is 4.53. The van der Waals surface area contributed by atoms with Gasteiger partial charge in [0.1, 0.15) is 5.82 Å². The molecule has 1 aliphatic rings. The van der Waals surface area contributed by atoms with Crippen LogP contribution in [0.25, 0.3) is 6.08 Å². The largest absolute Gasteiger partial charge is 0.298 e. The molecule has 24 heavy (non-hydrogen) atoms. The highest BCUT2D eigenvalue weighted by Crippen LogP contribution is 2.35. The van der Waals surface area contributed by atoms with E-state index < -0.39 is 5.82 Å². The number of anilines is 1. The van der Waals surface area contributed by atoms with Gasteiger partial charge in [-0.25, -0.2) is 9.29 Å². The first-order valence-corrected chi connectivity index (χ1v) is 8.41. The second-order valence-electron chi connectivity index (χ2n) is 5.81. The summed E-state index contributed by atoms with van der Waals surface area (Å²) in [6.07, 6.45) is 1.71. The van der Waals surface area contributed by atoms with Gasteiger partial charge in [-0.1, -0.05) is 38.1 Å². The number of thioether (sulfide) groups is 1.